The molecule has 5 nitrogen and oxygen atoms in total. The van der Waals surface area contributed by atoms with Gasteiger partial charge in [0.2, 0.25) is 12.2 Å². The summed E-state index contributed by atoms with van der Waals surface area (Å²) in [5.74, 6) is -1.52. The van der Waals surface area contributed by atoms with Gasteiger partial charge in [-0.2, -0.15) is 18.2 Å². The minimum absolute atomic E-state index is 0.137. The molecule has 19 heavy (non-hydrogen) atoms. The number of hydrogen-bond donors (Lipinski definition) is 1. The molecule has 1 aromatic carbocycles. The molecule has 0 saturated heterocycles. The van der Waals surface area contributed by atoms with Gasteiger partial charge in [-0.3, -0.25) is 4.79 Å². The number of amides is 1. The summed E-state index contributed by atoms with van der Waals surface area (Å²) in [6.45, 7) is 0.337. The molecule has 0 aliphatic rings. The van der Waals surface area contributed by atoms with Crippen molar-refractivity contribution >= 4 is 6.41 Å². The summed E-state index contributed by atoms with van der Waals surface area (Å²) in [6, 6.07) is 6.39. The van der Waals surface area contributed by atoms with Crippen LogP contribution in [0.2, 0.25) is 0 Å². The molecular formula is C11H8F3N3O2. The minimum Gasteiger partial charge on any atom is -0.355 e. The van der Waals surface area contributed by atoms with E-state index in [4.69, 9.17) is 0 Å². The first kappa shape index (κ1) is 13.1. The van der Waals surface area contributed by atoms with Crippen molar-refractivity contribution in [3.05, 3.63) is 35.7 Å². The fourth-order valence-electron chi connectivity index (χ4n) is 1.39. The van der Waals surface area contributed by atoms with Crippen LogP contribution in [-0.2, 0) is 17.5 Å². The second-order valence-corrected chi connectivity index (χ2v) is 3.62. The van der Waals surface area contributed by atoms with E-state index < -0.39 is 12.1 Å². The molecule has 8 heteroatoms. The molecular weight excluding hydrogens is 263 g/mol. The lowest BCUT2D eigenvalue weighted by atomic mass is 10.1. The summed E-state index contributed by atoms with van der Waals surface area (Å²) in [4.78, 5) is 13.4. The van der Waals surface area contributed by atoms with Gasteiger partial charge in [-0.25, -0.2) is 0 Å². The molecule has 0 aliphatic carbocycles. The Labute approximate surface area is 105 Å². The number of carbonyl (C=O) groups is 1. The molecule has 0 bridgehead atoms. The molecule has 1 heterocycles. The van der Waals surface area contributed by atoms with Crippen molar-refractivity contribution in [1.82, 2.24) is 15.5 Å². The lowest BCUT2D eigenvalue weighted by molar-refractivity contribution is -0.159. The van der Waals surface area contributed by atoms with E-state index in [9.17, 15) is 18.0 Å². The maximum absolute atomic E-state index is 12.3. The van der Waals surface area contributed by atoms with Crippen LogP contribution in [0.3, 0.4) is 0 Å². The first-order valence-electron chi connectivity index (χ1n) is 5.18. The molecule has 0 unspecified atom stereocenters. The van der Waals surface area contributed by atoms with Crippen LogP contribution in [0.25, 0.3) is 11.4 Å². The number of nitrogens with one attached hydrogen (secondary N) is 1. The number of aromatic nitrogens is 2. The number of carbonyl (C=O) groups excluding carboxylic acids is 1. The van der Waals surface area contributed by atoms with Gasteiger partial charge in [-0.15, -0.1) is 0 Å². The van der Waals surface area contributed by atoms with Crippen molar-refractivity contribution < 1.29 is 22.5 Å². The third kappa shape index (κ3) is 3.09. The topological polar surface area (TPSA) is 68.0 Å². The molecule has 100 valence electrons. The third-order valence-corrected chi connectivity index (χ3v) is 2.27. The molecule has 0 radical (unpaired) electrons. The van der Waals surface area contributed by atoms with E-state index in [2.05, 4.69) is 20.0 Å². The third-order valence-electron chi connectivity index (χ3n) is 2.27. The molecule has 2 rings (SSSR count). The highest BCUT2D eigenvalue weighted by Crippen LogP contribution is 2.29. The van der Waals surface area contributed by atoms with E-state index >= 15 is 0 Å². The Morgan fingerprint density at radius 1 is 1.26 bits per heavy atom. The average molecular weight is 271 g/mol. The molecule has 0 saturated carbocycles. The molecule has 1 aromatic heterocycles. The fraction of sp³-hybridized carbons (Fsp3) is 0.182. The highest BCUT2D eigenvalue weighted by atomic mass is 19.4. The molecule has 1 amide bonds. The van der Waals surface area contributed by atoms with Crippen LogP contribution >= 0.6 is 0 Å². The predicted molar refractivity (Wildman–Crippen MR) is 57.6 cm³/mol. The van der Waals surface area contributed by atoms with Crippen LogP contribution in [0.15, 0.2) is 28.8 Å². The van der Waals surface area contributed by atoms with Crippen molar-refractivity contribution in [3.63, 3.8) is 0 Å². The van der Waals surface area contributed by atoms with E-state index in [1.165, 1.54) is 0 Å². The second-order valence-electron chi connectivity index (χ2n) is 3.62. The summed E-state index contributed by atoms with van der Waals surface area (Å²) in [5.41, 5.74) is 1.20. The van der Waals surface area contributed by atoms with Crippen LogP contribution in [0.4, 0.5) is 13.2 Å². The van der Waals surface area contributed by atoms with Crippen molar-refractivity contribution in [2.45, 2.75) is 12.7 Å². The predicted octanol–water partition coefficient (Wildman–Crippen LogP) is 2.00. The van der Waals surface area contributed by atoms with Crippen LogP contribution in [0.1, 0.15) is 11.5 Å². The molecule has 0 aliphatic heterocycles. The maximum atomic E-state index is 12.3. The van der Waals surface area contributed by atoms with Crippen LogP contribution < -0.4 is 5.32 Å². The van der Waals surface area contributed by atoms with Crippen molar-refractivity contribution in [2.75, 3.05) is 0 Å². The normalized spacial score (nSPS) is 11.3. The Morgan fingerprint density at radius 3 is 2.47 bits per heavy atom. The number of benzene rings is 1. The maximum Gasteiger partial charge on any atom is 0.471 e. The fourth-order valence-corrected chi connectivity index (χ4v) is 1.39. The van der Waals surface area contributed by atoms with Gasteiger partial charge in [0, 0.05) is 12.1 Å². The Bertz CT molecular complexity index is 563. The van der Waals surface area contributed by atoms with E-state index in [0.717, 1.165) is 5.56 Å². The van der Waals surface area contributed by atoms with Gasteiger partial charge < -0.3 is 9.84 Å². The van der Waals surface area contributed by atoms with Gasteiger partial charge >= 0.3 is 12.1 Å². The van der Waals surface area contributed by atoms with Gasteiger partial charge in [0.05, 0.1) is 0 Å². The molecule has 1 N–H and O–H groups in total. The van der Waals surface area contributed by atoms with Crippen molar-refractivity contribution in [2.24, 2.45) is 0 Å². The zero-order valence-corrected chi connectivity index (χ0v) is 9.44. The standard InChI is InChI=1S/C11H8F3N3O2/c12-11(13,14)10-16-9(17-19-10)8-3-1-7(2-4-8)5-15-6-18/h1-4,6H,5H2,(H,15,18). The zero-order valence-electron chi connectivity index (χ0n) is 9.44. The highest BCUT2D eigenvalue weighted by molar-refractivity contribution is 5.55. The number of nitrogens with zero attached hydrogens (tertiary/aromatic N) is 2. The van der Waals surface area contributed by atoms with Crippen LogP contribution in [0.5, 0.6) is 0 Å². The summed E-state index contributed by atoms with van der Waals surface area (Å²) in [7, 11) is 0. The summed E-state index contributed by atoms with van der Waals surface area (Å²) in [6.07, 6.45) is -4.10. The largest absolute Gasteiger partial charge is 0.471 e. The first-order chi connectivity index (χ1) is 9.00. The number of alkyl halides is 3. The smallest absolute Gasteiger partial charge is 0.355 e. The van der Waals surface area contributed by atoms with E-state index in [0.29, 0.717) is 18.5 Å². The minimum atomic E-state index is -4.65. The van der Waals surface area contributed by atoms with Gasteiger partial charge in [0.25, 0.3) is 0 Å². The van der Waals surface area contributed by atoms with Crippen molar-refractivity contribution in [1.29, 1.82) is 0 Å². The Hall–Kier alpha value is -2.38. The summed E-state index contributed by atoms with van der Waals surface area (Å²) in [5, 5.41) is 5.74. The van der Waals surface area contributed by atoms with Gasteiger partial charge in [-0.05, 0) is 5.56 Å². The Morgan fingerprint density at radius 2 is 1.95 bits per heavy atom. The Balaban J connectivity index is 2.18. The van der Waals surface area contributed by atoms with Gasteiger partial charge in [0.15, 0.2) is 0 Å². The highest BCUT2D eigenvalue weighted by Gasteiger charge is 2.38. The lowest BCUT2D eigenvalue weighted by Crippen LogP contribution is -2.09. The number of hydrogen-bond acceptors (Lipinski definition) is 4. The molecule has 2 aromatic rings. The first-order valence-corrected chi connectivity index (χ1v) is 5.18. The summed E-state index contributed by atoms with van der Waals surface area (Å²) < 4.78 is 41.0. The zero-order chi connectivity index (χ0) is 13.9. The molecule has 0 atom stereocenters. The van der Waals surface area contributed by atoms with E-state index in [1.807, 2.05) is 0 Å². The van der Waals surface area contributed by atoms with Crippen molar-refractivity contribution in [3.8, 4) is 11.4 Å². The van der Waals surface area contributed by atoms with Crippen LogP contribution in [0, 0.1) is 0 Å². The molecule has 0 spiro atoms. The number of rotatable bonds is 4. The van der Waals surface area contributed by atoms with Gasteiger partial charge in [0.1, 0.15) is 0 Å². The van der Waals surface area contributed by atoms with Gasteiger partial charge in [-0.1, -0.05) is 29.4 Å². The Kier molecular flexibility index (Phi) is 3.50. The monoisotopic (exact) mass is 271 g/mol. The lowest BCUT2D eigenvalue weighted by Gasteiger charge is -2.00. The average Bonchev–Trinajstić information content (AvgIpc) is 2.86. The van der Waals surface area contributed by atoms with E-state index in [-0.39, 0.29) is 5.82 Å². The number of halogens is 3. The van der Waals surface area contributed by atoms with Crippen LogP contribution in [-0.4, -0.2) is 16.6 Å². The van der Waals surface area contributed by atoms with E-state index in [1.54, 1.807) is 24.3 Å². The SMILES string of the molecule is O=CNCc1ccc(-c2noc(C(F)(F)F)n2)cc1. The molecule has 0 fully saturated rings. The summed E-state index contributed by atoms with van der Waals surface area (Å²) >= 11 is 0. The second kappa shape index (κ2) is 5.09. The quantitative estimate of drug-likeness (QED) is 0.863.